The van der Waals surface area contributed by atoms with E-state index in [1.165, 1.54) is 0 Å². The summed E-state index contributed by atoms with van der Waals surface area (Å²) in [5.41, 5.74) is 1.36. The molecule has 2 aromatic rings. The van der Waals surface area contributed by atoms with Gasteiger partial charge in [-0.15, -0.1) is 0 Å². The molecule has 0 aliphatic carbocycles. The number of fused-ring (bicyclic) bond motifs is 1. The van der Waals surface area contributed by atoms with Crippen LogP contribution in [0.4, 0.5) is 16.2 Å². The second-order valence-electron chi connectivity index (χ2n) is 6.60. The number of esters is 1. The Morgan fingerprint density at radius 1 is 1.13 bits per heavy atom. The van der Waals surface area contributed by atoms with Gasteiger partial charge in [0.15, 0.2) is 18.1 Å². The first-order valence-electron chi connectivity index (χ1n) is 9.18. The van der Waals surface area contributed by atoms with Gasteiger partial charge in [-0.25, -0.2) is 9.59 Å². The van der Waals surface area contributed by atoms with Crippen LogP contribution in [0.3, 0.4) is 0 Å². The number of benzene rings is 2. The molecule has 11 heteroatoms. The number of amides is 3. The van der Waals surface area contributed by atoms with E-state index in [1.807, 2.05) is 25.2 Å². The van der Waals surface area contributed by atoms with Gasteiger partial charge in [0.1, 0.15) is 18.8 Å². The Hall–Kier alpha value is -4.15. The number of hydrogen-bond donors (Lipinski definition) is 2. The van der Waals surface area contributed by atoms with Crippen molar-refractivity contribution in [1.82, 2.24) is 5.32 Å². The summed E-state index contributed by atoms with van der Waals surface area (Å²) in [6.45, 7) is 3.31. The minimum atomic E-state index is -1.12. The van der Waals surface area contributed by atoms with Crippen molar-refractivity contribution in [1.29, 1.82) is 0 Å². The molecule has 1 aliphatic heterocycles. The van der Waals surface area contributed by atoms with Crippen LogP contribution < -0.4 is 20.1 Å². The summed E-state index contributed by atoms with van der Waals surface area (Å²) in [5, 5.41) is 15.8. The van der Waals surface area contributed by atoms with E-state index in [2.05, 4.69) is 5.32 Å². The minimum Gasteiger partial charge on any atom is -0.486 e. The van der Waals surface area contributed by atoms with E-state index in [9.17, 15) is 24.5 Å². The van der Waals surface area contributed by atoms with Gasteiger partial charge < -0.3 is 19.5 Å². The summed E-state index contributed by atoms with van der Waals surface area (Å²) in [5.74, 6) is -1.73. The maximum atomic E-state index is 12.3. The standard InChI is InChI=1S/C20H19N3O8/c1-11-4-3-5-14(12(11)2)21-20(26)22-18(24)10-31-19(25)13-8-16-17(30-7-6-29-16)9-15(13)23(27)28/h3-5,8-9H,6-7,10H2,1-2H3,(H2,21,22,24,26). The Morgan fingerprint density at radius 3 is 2.48 bits per heavy atom. The minimum absolute atomic E-state index is 0.135. The first-order chi connectivity index (χ1) is 14.8. The zero-order valence-electron chi connectivity index (χ0n) is 16.7. The molecule has 0 radical (unpaired) electrons. The zero-order valence-corrected chi connectivity index (χ0v) is 16.7. The van der Waals surface area contributed by atoms with Crippen molar-refractivity contribution in [3.63, 3.8) is 0 Å². The SMILES string of the molecule is Cc1cccc(NC(=O)NC(=O)COC(=O)c2cc3c(cc2[N+](=O)[O-])OCCO3)c1C. The molecule has 1 heterocycles. The number of rotatable bonds is 5. The third kappa shape index (κ3) is 5.07. The molecular formula is C20H19N3O8. The molecule has 3 rings (SSSR count). The summed E-state index contributed by atoms with van der Waals surface area (Å²) in [7, 11) is 0. The van der Waals surface area contributed by atoms with Crippen LogP contribution in [0.15, 0.2) is 30.3 Å². The van der Waals surface area contributed by atoms with Crippen LogP contribution in [0.25, 0.3) is 0 Å². The molecule has 2 aromatic carbocycles. The highest BCUT2D eigenvalue weighted by Gasteiger charge is 2.28. The fourth-order valence-corrected chi connectivity index (χ4v) is 2.80. The molecule has 0 aromatic heterocycles. The Morgan fingerprint density at radius 2 is 1.81 bits per heavy atom. The van der Waals surface area contributed by atoms with Crippen molar-refractivity contribution >= 4 is 29.3 Å². The molecular weight excluding hydrogens is 410 g/mol. The highest BCUT2D eigenvalue weighted by atomic mass is 16.6. The van der Waals surface area contributed by atoms with Gasteiger partial charge >= 0.3 is 12.0 Å². The van der Waals surface area contributed by atoms with Crippen LogP contribution in [0.5, 0.6) is 11.5 Å². The van der Waals surface area contributed by atoms with E-state index in [0.29, 0.717) is 5.69 Å². The number of nitrogens with one attached hydrogen (secondary N) is 2. The second-order valence-corrected chi connectivity index (χ2v) is 6.60. The quantitative estimate of drug-likeness (QED) is 0.419. The fraction of sp³-hybridized carbons (Fsp3) is 0.250. The van der Waals surface area contributed by atoms with Crippen molar-refractivity contribution in [2.75, 3.05) is 25.1 Å². The van der Waals surface area contributed by atoms with E-state index in [-0.39, 0.29) is 24.7 Å². The molecule has 162 valence electrons. The smallest absolute Gasteiger partial charge is 0.345 e. The maximum Gasteiger partial charge on any atom is 0.345 e. The Labute approximate surface area is 176 Å². The molecule has 31 heavy (non-hydrogen) atoms. The van der Waals surface area contributed by atoms with Gasteiger partial charge in [0, 0.05) is 11.8 Å². The van der Waals surface area contributed by atoms with E-state index in [0.717, 1.165) is 23.3 Å². The third-order valence-electron chi connectivity index (χ3n) is 4.52. The van der Waals surface area contributed by atoms with E-state index in [1.54, 1.807) is 12.1 Å². The summed E-state index contributed by atoms with van der Waals surface area (Å²) in [6, 6.07) is 6.68. The number of nitro groups is 1. The number of ether oxygens (including phenoxy) is 3. The van der Waals surface area contributed by atoms with Crippen LogP contribution in [-0.4, -0.2) is 42.7 Å². The van der Waals surface area contributed by atoms with Crippen molar-refractivity contribution in [3.8, 4) is 11.5 Å². The summed E-state index contributed by atoms with van der Waals surface area (Å²) in [6.07, 6.45) is 0. The molecule has 3 amide bonds. The molecule has 11 nitrogen and oxygen atoms in total. The van der Waals surface area contributed by atoms with E-state index >= 15 is 0 Å². The number of urea groups is 1. The van der Waals surface area contributed by atoms with Gasteiger partial charge in [-0.3, -0.25) is 20.2 Å². The summed E-state index contributed by atoms with van der Waals surface area (Å²) >= 11 is 0. The molecule has 0 saturated heterocycles. The number of nitro benzene ring substituents is 1. The summed E-state index contributed by atoms with van der Waals surface area (Å²) < 4.78 is 15.4. The van der Waals surface area contributed by atoms with Gasteiger partial charge in [0.25, 0.3) is 11.6 Å². The first-order valence-corrected chi connectivity index (χ1v) is 9.18. The lowest BCUT2D eigenvalue weighted by atomic mass is 10.1. The average Bonchev–Trinajstić information content (AvgIpc) is 2.74. The number of nitrogens with zero attached hydrogens (tertiary/aromatic N) is 1. The third-order valence-corrected chi connectivity index (χ3v) is 4.52. The Bertz CT molecular complexity index is 1070. The lowest BCUT2D eigenvalue weighted by molar-refractivity contribution is -0.385. The van der Waals surface area contributed by atoms with Crippen molar-refractivity contribution in [2.24, 2.45) is 0 Å². The average molecular weight is 429 g/mol. The molecule has 0 fully saturated rings. The molecule has 0 atom stereocenters. The maximum absolute atomic E-state index is 12.3. The number of carbonyl (C=O) groups excluding carboxylic acids is 3. The highest BCUT2D eigenvalue weighted by molar-refractivity contribution is 6.03. The number of imide groups is 1. The molecule has 0 saturated carbocycles. The van der Waals surface area contributed by atoms with Crippen LogP contribution in [-0.2, 0) is 9.53 Å². The van der Waals surface area contributed by atoms with Gasteiger partial charge in [-0.2, -0.15) is 0 Å². The number of anilines is 1. The first kappa shape index (κ1) is 21.6. The van der Waals surface area contributed by atoms with E-state index < -0.39 is 40.7 Å². The van der Waals surface area contributed by atoms with Crippen LogP contribution in [0.1, 0.15) is 21.5 Å². The van der Waals surface area contributed by atoms with Gasteiger partial charge in [0.05, 0.1) is 11.0 Å². The lowest BCUT2D eigenvalue weighted by Gasteiger charge is -2.18. The second kappa shape index (κ2) is 9.11. The molecule has 1 aliphatic rings. The number of aryl methyl sites for hydroxylation is 1. The van der Waals surface area contributed by atoms with Gasteiger partial charge in [-0.05, 0) is 31.0 Å². The summed E-state index contributed by atoms with van der Waals surface area (Å²) in [4.78, 5) is 46.8. The Balaban J connectivity index is 1.61. The highest BCUT2D eigenvalue weighted by Crippen LogP contribution is 2.36. The van der Waals surface area contributed by atoms with Gasteiger partial charge in [0.2, 0.25) is 0 Å². The van der Waals surface area contributed by atoms with Crippen molar-refractivity contribution in [3.05, 3.63) is 57.1 Å². The topological polar surface area (TPSA) is 146 Å². The molecule has 0 unspecified atom stereocenters. The predicted molar refractivity (Wildman–Crippen MR) is 107 cm³/mol. The number of carbonyl (C=O) groups is 3. The normalized spacial score (nSPS) is 11.9. The Kier molecular flexibility index (Phi) is 6.34. The predicted octanol–water partition coefficient (Wildman–Crippen LogP) is 2.49. The van der Waals surface area contributed by atoms with Crippen LogP contribution in [0, 0.1) is 24.0 Å². The van der Waals surface area contributed by atoms with Crippen LogP contribution >= 0.6 is 0 Å². The van der Waals surface area contributed by atoms with Crippen molar-refractivity contribution < 1.29 is 33.5 Å². The molecule has 2 N–H and O–H groups in total. The lowest BCUT2D eigenvalue weighted by Crippen LogP contribution is -2.37. The monoisotopic (exact) mass is 429 g/mol. The largest absolute Gasteiger partial charge is 0.486 e. The zero-order chi connectivity index (χ0) is 22.5. The van der Waals surface area contributed by atoms with Crippen molar-refractivity contribution in [2.45, 2.75) is 13.8 Å². The van der Waals surface area contributed by atoms with Crippen LogP contribution in [0.2, 0.25) is 0 Å². The molecule has 0 spiro atoms. The molecule has 0 bridgehead atoms. The van der Waals surface area contributed by atoms with E-state index in [4.69, 9.17) is 14.2 Å². The number of hydrogen-bond acceptors (Lipinski definition) is 8. The van der Waals surface area contributed by atoms with Gasteiger partial charge in [-0.1, -0.05) is 12.1 Å². The fourth-order valence-electron chi connectivity index (χ4n) is 2.80.